The fraction of sp³-hybridized carbons (Fsp3) is 0.952. The second kappa shape index (κ2) is 54.7. The van der Waals surface area contributed by atoms with Crippen molar-refractivity contribution in [3.8, 4) is 0 Å². The molecule has 0 aromatic rings. The van der Waals surface area contributed by atoms with Gasteiger partial charge in [-0.15, -0.1) is 0 Å². The standard InChI is InChI=1S/C62H120O6/c1-6-7-8-9-10-11-12-13-15-22-27-32-37-42-47-52-60(63)66-55-59(56-67-61(64)53-48-43-38-33-28-23-19-18-21-26-31-36-41-46-51-58(4)5)68-62(65)54-49-44-39-34-29-24-17-14-16-20-25-30-35-40-45-50-57(2)3/h57-59H,6-56H2,1-5H3/t59-/m1/s1. The van der Waals surface area contributed by atoms with Gasteiger partial charge in [-0.05, 0) is 31.1 Å². The predicted molar refractivity (Wildman–Crippen MR) is 293 cm³/mol. The van der Waals surface area contributed by atoms with E-state index in [4.69, 9.17) is 14.2 Å². The Hall–Kier alpha value is -1.59. The van der Waals surface area contributed by atoms with Crippen LogP contribution in [-0.2, 0) is 28.6 Å². The van der Waals surface area contributed by atoms with Crippen molar-refractivity contribution in [2.75, 3.05) is 13.2 Å². The van der Waals surface area contributed by atoms with E-state index in [1.165, 1.54) is 238 Å². The van der Waals surface area contributed by atoms with Gasteiger partial charge in [-0.3, -0.25) is 14.4 Å². The number of ether oxygens (including phenoxy) is 3. The Balaban J connectivity index is 4.29. The summed E-state index contributed by atoms with van der Waals surface area (Å²) in [6, 6.07) is 0. The summed E-state index contributed by atoms with van der Waals surface area (Å²) in [7, 11) is 0. The first kappa shape index (κ1) is 66.4. The molecule has 0 aromatic heterocycles. The lowest BCUT2D eigenvalue weighted by Gasteiger charge is -2.18. The van der Waals surface area contributed by atoms with Crippen LogP contribution in [0.15, 0.2) is 0 Å². The molecule has 0 rings (SSSR count). The highest BCUT2D eigenvalue weighted by Crippen LogP contribution is 2.19. The molecule has 0 heterocycles. The first-order valence-electron chi connectivity index (χ1n) is 30.7. The Morgan fingerprint density at radius 1 is 0.279 bits per heavy atom. The van der Waals surface area contributed by atoms with Crippen LogP contribution < -0.4 is 0 Å². The second-order valence-corrected chi connectivity index (χ2v) is 22.3. The van der Waals surface area contributed by atoms with Crippen LogP contribution in [0.1, 0.15) is 349 Å². The van der Waals surface area contributed by atoms with Crippen LogP contribution in [0.3, 0.4) is 0 Å². The monoisotopic (exact) mass is 961 g/mol. The van der Waals surface area contributed by atoms with Crippen molar-refractivity contribution in [1.82, 2.24) is 0 Å². The third kappa shape index (κ3) is 55.3. The minimum absolute atomic E-state index is 0.0620. The van der Waals surface area contributed by atoms with E-state index in [0.717, 1.165) is 69.6 Å². The molecule has 1 atom stereocenters. The summed E-state index contributed by atoms with van der Waals surface area (Å²) in [4.78, 5) is 38.2. The minimum Gasteiger partial charge on any atom is -0.462 e. The van der Waals surface area contributed by atoms with E-state index in [9.17, 15) is 14.4 Å². The number of hydrogen-bond donors (Lipinski definition) is 0. The number of unbranched alkanes of at least 4 members (excludes halogenated alkanes) is 41. The number of hydrogen-bond acceptors (Lipinski definition) is 6. The van der Waals surface area contributed by atoms with Crippen LogP contribution in [0, 0.1) is 11.8 Å². The molecule has 0 unspecified atom stereocenters. The van der Waals surface area contributed by atoms with Gasteiger partial charge in [-0.25, -0.2) is 0 Å². The van der Waals surface area contributed by atoms with E-state index in [1.54, 1.807) is 0 Å². The predicted octanol–water partition coefficient (Wildman–Crippen LogP) is 20.4. The number of carbonyl (C=O) groups excluding carboxylic acids is 3. The molecule has 0 radical (unpaired) electrons. The number of rotatable bonds is 56. The summed E-state index contributed by atoms with van der Waals surface area (Å²) in [5, 5.41) is 0. The average Bonchev–Trinajstić information content (AvgIpc) is 3.31. The van der Waals surface area contributed by atoms with E-state index in [-0.39, 0.29) is 31.1 Å². The Morgan fingerprint density at radius 2 is 0.485 bits per heavy atom. The maximum Gasteiger partial charge on any atom is 0.306 e. The van der Waals surface area contributed by atoms with Crippen molar-refractivity contribution >= 4 is 17.9 Å². The summed E-state index contributed by atoms with van der Waals surface area (Å²) in [6.07, 6.45) is 59.5. The van der Waals surface area contributed by atoms with Crippen LogP contribution in [0.4, 0.5) is 0 Å². The highest BCUT2D eigenvalue weighted by Gasteiger charge is 2.19. The van der Waals surface area contributed by atoms with Gasteiger partial charge in [0.25, 0.3) is 0 Å². The fourth-order valence-corrected chi connectivity index (χ4v) is 9.58. The third-order valence-corrected chi connectivity index (χ3v) is 14.2. The van der Waals surface area contributed by atoms with E-state index in [2.05, 4.69) is 34.6 Å². The fourth-order valence-electron chi connectivity index (χ4n) is 9.58. The van der Waals surface area contributed by atoms with Crippen molar-refractivity contribution < 1.29 is 28.6 Å². The van der Waals surface area contributed by atoms with Crippen LogP contribution in [0.5, 0.6) is 0 Å². The van der Waals surface area contributed by atoms with Gasteiger partial charge in [0.1, 0.15) is 13.2 Å². The number of carbonyl (C=O) groups is 3. The molecule has 0 fully saturated rings. The summed E-state index contributed by atoms with van der Waals surface area (Å²) in [5.74, 6) is 0.859. The van der Waals surface area contributed by atoms with Gasteiger partial charge in [-0.1, -0.05) is 311 Å². The highest BCUT2D eigenvalue weighted by atomic mass is 16.6. The molecule has 0 saturated carbocycles. The van der Waals surface area contributed by atoms with Crippen molar-refractivity contribution in [2.24, 2.45) is 11.8 Å². The zero-order chi connectivity index (χ0) is 49.6. The average molecular weight is 962 g/mol. The van der Waals surface area contributed by atoms with Gasteiger partial charge in [-0.2, -0.15) is 0 Å². The van der Waals surface area contributed by atoms with Crippen LogP contribution in [-0.4, -0.2) is 37.2 Å². The Morgan fingerprint density at radius 3 is 0.721 bits per heavy atom. The second-order valence-electron chi connectivity index (χ2n) is 22.3. The smallest absolute Gasteiger partial charge is 0.306 e. The molecule has 0 saturated heterocycles. The lowest BCUT2D eigenvalue weighted by Crippen LogP contribution is -2.30. The normalized spacial score (nSPS) is 12.0. The maximum atomic E-state index is 12.9. The third-order valence-electron chi connectivity index (χ3n) is 14.2. The van der Waals surface area contributed by atoms with Gasteiger partial charge >= 0.3 is 17.9 Å². The van der Waals surface area contributed by atoms with Crippen molar-refractivity contribution in [2.45, 2.75) is 355 Å². The molecule has 6 nitrogen and oxygen atoms in total. The molecule has 0 spiro atoms. The SMILES string of the molecule is CCCCCCCCCCCCCCCCCC(=O)OC[C@H](COC(=O)CCCCCCCCCCCCCCCCC(C)C)OC(=O)CCCCCCCCCCCCCCCCCC(C)C. The molecular formula is C62H120O6. The van der Waals surface area contributed by atoms with Gasteiger partial charge in [0.05, 0.1) is 0 Å². The zero-order valence-electron chi connectivity index (χ0n) is 46.7. The number of esters is 3. The van der Waals surface area contributed by atoms with Crippen LogP contribution in [0.25, 0.3) is 0 Å². The summed E-state index contributed by atoms with van der Waals surface area (Å²) < 4.78 is 16.9. The maximum absolute atomic E-state index is 12.9. The van der Waals surface area contributed by atoms with Gasteiger partial charge in [0.2, 0.25) is 0 Å². The summed E-state index contributed by atoms with van der Waals surface area (Å²) in [5.41, 5.74) is 0. The van der Waals surface area contributed by atoms with Crippen molar-refractivity contribution in [3.63, 3.8) is 0 Å². The van der Waals surface area contributed by atoms with E-state index >= 15 is 0 Å². The van der Waals surface area contributed by atoms with Crippen LogP contribution in [0.2, 0.25) is 0 Å². The lowest BCUT2D eigenvalue weighted by atomic mass is 10.0. The first-order valence-corrected chi connectivity index (χ1v) is 30.7. The largest absolute Gasteiger partial charge is 0.462 e. The zero-order valence-corrected chi connectivity index (χ0v) is 46.7. The van der Waals surface area contributed by atoms with Gasteiger partial charge < -0.3 is 14.2 Å². The van der Waals surface area contributed by atoms with E-state index < -0.39 is 6.10 Å². The molecular weight excluding hydrogens is 841 g/mol. The molecule has 0 aliphatic rings. The Kier molecular flexibility index (Phi) is 53.5. The quantitative estimate of drug-likeness (QED) is 0.0343. The molecule has 68 heavy (non-hydrogen) atoms. The van der Waals surface area contributed by atoms with E-state index in [0.29, 0.717) is 19.3 Å². The lowest BCUT2D eigenvalue weighted by molar-refractivity contribution is -0.167. The van der Waals surface area contributed by atoms with Crippen molar-refractivity contribution in [1.29, 1.82) is 0 Å². The van der Waals surface area contributed by atoms with E-state index in [1.807, 2.05) is 0 Å². The molecule has 0 aromatic carbocycles. The minimum atomic E-state index is -0.763. The summed E-state index contributed by atoms with van der Waals surface area (Å²) >= 11 is 0. The molecule has 0 amide bonds. The molecule has 0 bridgehead atoms. The molecule has 0 aliphatic heterocycles. The van der Waals surface area contributed by atoms with Crippen molar-refractivity contribution in [3.05, 3.63) is 0 Å². The molecule has 0 aliphatic carbocycles. The van der Waals surface area contributed by atoms with Crippen LogP contribution >= 0.6 is 0 Å². The highest BCUT2D eigenvalue weighted by molar-refractivity contribution is 5.71. The molecule has 404 valence electrons. The summed E-state index contributed by atoms with van der Waals surface area (Å²) in [6.45, 7) is 11.4. The van der Waals surface area contributed by atoms with Gasteiger partial charge in [0, 0.05) is 19.3 Å². The first-order chi connectivity index (χ1) is 33.2. The Bertz CT molecular complexity index is 1040. The van der Waals surface area contributed by atoms with Gasteiger partial charge in [0.15, 0.2) is 6.10 Å². The molecule has 0 N–H and O–H groups in total. The topological polar surface area (TPSA) is 78.9 Å². The Labute approximate surface area is 425 Å². The molecule has 6 heteroatoms.